The van der Waals surface area contributed by atoms with Crippen molar-refractivity contribution in [3.63, 3.8) is 0 Å². The van der Waals surface area contributed by atoms with Crippen molar-refractivity contribution in [2.75, 3.05) is 0 Å². The van der Waals surface area contributed by atoms with Crippen LogP contribution in [0.25, 0.3) is 0 Å². The Morgan fingerprint density at radius 2 is 1.33 bits per heavy atom. The van der Waals surface area contributed by atoms with Crippen molar-refractivity contribution in [3.8, 4) is 0 Å². The van der Waals surface area contributed by atoms with Crippen LogP contribution < -0.4 is 0 Å². The summed E-state index contributed by atoms with van der Waals surface area (Å²) >= 11 is 0.444. The molecule has 0 aromatic heterocycles. The molecule has 0 aromatic rings. The number of carboxylic acid groups (broad SMARTS) is 2. The summed E-state index contributed by atoms with van der Waals surface area (Å²) in [6.07, 6.45) is -1.83. The summed E-state index contributed by atoms with van der Waals surface area (Å²) in [6.45, 7) is 0. The topological polar surface area (TPSA) is 77.8 Å². The summed E-state index contributed by atoms with van der Waals surface area (Å²) in [7, 11) is 0. The van der Waals surface area contributed by atoms with Crippen LogP contribution in [0.2, 0.25) is 0 Å². The van der Waals surface area contributed by atoms with Gasteiger partial charge < -0.3 is 10.2 Å². The summed E-state index contributed by atoms with van der Waals surface area (Å²) in [5.74, 6) is 0. The van der Waals surface area contributed by atoms with Gasteiger partial charge in [0.25, 0.3) is 0 Å². The normalized spacial score (nSPS) is 5.00. The van der Waals surface area contributed by atoms with E-state index >= 15 is 0 Å². The molecule has 2 radical (unpaired) electrons. The Bertz CT molecular complexity index is 30.5. The maximum absolute atomic E-state index is 8.56. The second-order valence-corrected chi connectivity index (χ2v) is 0.283. The molecule has 0 amide bonds. The second-order valence-electron chi connectivity index (χ2n) is 0.283. The summed E-state index contributed by atoms with van der Waals surface area (Å²) < 4.78 is 7.11. The Hall–Kier alpha value is 0.113. The summed E-state index contributed by atoms with van der Waals surface area (Å²) in [4.78, 5) is 8.56. The van der Waals surface area contributed by atoms with Gasteiger partial charge in [0, 0.05) is 0 Å². The van der Waals surface area contributed by atoms with Gasteiger partial charge in [0.2, 0.25) is 0 Å². The molecule has 0 spiro atoms. The fourth-order valence-electron chi connectivity index (χ4n) is 0. The standard InChI is InChI=1S/CH2O3.Bi.H2O/c2-1(3)4;;/h(H2,2,3,4);;1H2/q;+1;/p-1. The van der Waals surface area contributed by atoms with Gasteiger partial charge >= 0.3 is 34.5 Å². The predicted octanol–water partition coefficient (Wildman–Crippen LogP) is -0.715. The van der Waals surface area contributed by atoms with E-state index in [4.69, 9.17) is 18.2 Å². The van der Waals surface area contributed by atoms with Gasteiger partial charge in [-0.15, -0.1) is 0 Å². The number of carbonyl (C=O) groups is 1. The van der Waals surface area contributed by atoms with Gasteiger partial charge in [-0.1, -0.05) is 0 Å². The number of hydrogen-bond donors (Lipinski definition) is 3. The van der Waals surface area contributed by atoms with Crippen molar-refractivity contribution < 1.29 is 18.2 Å². The minimum atomic E-state index is -1.83. The average Bonchev–Trinajstić information content (AvgIpc) is 1.41. The molecule has 36 valence electrons. The van der Waals surface area contributed by atoms with E-state index in [2.05, 4.69) is 0 Å². The molecule has 5 heteroatoms. The molecule has 0 unspecified atom stereocenters. The van der Waals surface area contributed by atoms with E-state index in [9.17, 15) is 0 Å². The van der Waals surface area contributed by atoms with Crippen molar-refractivity contribution in [2.24, 2.45) is 0 Å². The van der Waals surface area contributed by atoms with Crippen LogP contribution in [-0.2, 0) is 0 Å². The summed E-state index contributed by atoms with van der Waals surface area (Å²) in [6, 6.07) is 0. The van der Waals surface area contributed by atoms with E-state index in [0.717, 1.165) is 0 Å². The van der Waals surface area contributed by atoms with E-state index in [1.165, 1.54) is 0 Å². The van der Waals surface area contributed by atoms with Crippen LogP contribution in [0, 0.1) is 0 Å². The maximum atomic E-state index is 8.56. The molecule has 0 aromatic carbocycles. The Kier molecular flexibility index (Phi) is 14.1. The van der Waals surface area contributed by atoms with Crippen LogP contribution in [-0.4, -0.2) is 44.7 Å². The van der Waals surface area contributed by atoms with Gasteiger partial charge in [-0.25, -0.2) is 4.79 Å². The molecule has 6 heavy (non-hydrogen) atoms. The molecule has 0 saturated heterocycles. The van der Waals surface area contributed by atoms with E-state index in [1.54, 1.807) is 0 Å². The third-order valence-corrected chi connectivity index (χ3v) is 0. The van der Waals surface area contributed by atoms with Crippen molar-refractivity contribution >= 4 is 31.3 Å². The Morgan fingerprint density at radius 1 is 1.33 bits per heavy atom. The molecular formula is CH3BiO4. The Labute approximate surface area is 49.9 Å². The summed E-state index contributed by atoms with van der Waals surface area (Å²) in [5, 5.41) is 13.9. The van der Waals surface area contributed by atoms with Crippen molar-refractivity contribution in [1.29, 1.82) is 0 Å². The van der Waals surface area contributed by atoms with E-state index < -0.39 is 6.16 Å². The van der Waals surface area contributed by atoms with Gasteiger partial charge in [0.1, 0.15) is 0 Å². The Balaban J connectivity index is 0. The third kappa shape index (κ3) is 3120. The molecule has 0 rings (SSSR count). The molecule has 0 aliphatic heterocycles. The quantitative estimate of drug-likeness (QED) is 0.514. The molecule has 0 saturated carbocycles. The number of hydrogen-bond acceptors (Lipinski definition) is 2. The van der Waals surface area contributed by atoms with Crippen LogP contribution in [0.5, 0.6) is 0 Å². The molecule has 0 bridgehead atoms. The van der Waals surface area contributed by atoms with Gasteiger partial charge in [-0.2, -0.15) is 0 Å². The van der Waals surface area contributed by atoms with Gasteiger partial charge in [0.05, 0.1) is 0 Å². The van der Waals surface area contributed by atoms with Crippen LogP contribution >= 0.6 is 0 Å². The predicted molar refractivity (Wildman–Crippen MR) is 18.6 cm³/mol. The zero-order chi connectivity index (χ0) is 5.58. The first kappa shape index (κ1) is 9.45. The summed E-state index contributed by atoms with van der Waals surface area (Å²) in [5.41, 5.74) is 0. The average molecular weight is 288 g/mol. The molecule has 0 fully saturated rings. The first-order valence-corrected chi connectivity index (χ1v) is 2.41. The third-order valence-electron chi connectivity index (χ3n) is 0. The van der Waals surface area contributed by atoms with Gasteiger partial charge in [-0.05, 0) is 0 Å². The minimum absolute atomic E-state index is 0.444. The SMILES string of the molecule is O=C(O)O.[OH][Bi]. The molecule has 4 nitrogen and oxygen atoms in total. The van der Waals surface area contributed by atoms with Gasteiger partial charge in [0.15, 0.2) is 0 Å². The molecule has 0 heterocycles. The van der Waals surface area contributed by atoms with Crippen molar-refractivity contribution in [2.45, 2.75) is 0 Å². The van der Waals surface area contributed by atoms with Crippen molar-refractivity contribution in [3.05, 3.63) is 0 Å². The van der Waals surface area contributed by atoms with E-state index in [0.29, 0.717) is 25.2 Å². The van der Waals surface area contributed by atoms with E-state index in [-0.39, 0.29) is 0 Å². The first-order chi connectivity index (χ1) is 2.73. The monoisotopic (exact) mass is 288 g/mol. The van der Waals surface area contributed by atoms with Crippen LogP contribution in [0.3, 0.4) is 0 Å². The second kappa shape index (κ2) is 8.93. The van der Waals surface area contributed by atoms with E-state index in [1.807, 2.05) is 0 Å². The number of rotatable bonds is 0. The van der Waals surface area contributed by atoms with Gasteiger partial charge in [-0.3, -0.25) is 0 Å². The molecular weight excluding hydrogens is 285 g/mol. The van der Waals surface area contributed by atoms with Crippen LogP contribution in [0.1, 0.15) is 0 Å². The van der Waals surface area contributed by atoms with Crippen LogP contribution in [0.4, 0.5) is 4.79 Å². The fourth-order valence-corrected chi connectivity index (χ4v) is 0. The molecule has 3 N–H and O–H groups in total. The first-order valence-electron chi connectivity index (χ1n) is 0.851. The zero-order valence-electron chi connectivity index (χ0n) is 2.70. The molecule has 0 aliphatic carbocycles. The molecule has 0 atom stereocenters. The fraction of sp³-hybridized carbons (Fsp3) is 0. The molecule has 0 aliphatic rings. The zero-order valence-corrected chi connectivity index (χ0v) is 6.17. The van der Waals surface area contributed by atoms with Crippen molar-refractivity contribution in [1.82, 2.24) is 0 Å². The van der Waals surface area contributed by atoms with Crippen LogP contribution in [0.15, 0.2) is 0 Å². The Morgan fingerprint density at radius 3 is 1.33 bits per heavy atom.